The van der Waals surface area contributed by atoms with Crippen LogP contribution in [0.4, 0.5) is 0 Å². The largest absolute Gasteiger partial charge is 0.484 e. The third-order valence-corrected chi connectivity index (χ3v) is 7.53. The zero-order valence-corrected chi connectivity index (χ0v) is 18.4. The summed E-state index contributed by atoms with van der Waals surface area (Å²) in [6.07, 6.45) is 0. The molecule has 0 bridgehead atoms. The summed E-state index contributed by atoms with van der Waals surface area (Å²) in [4.78, 5) is 14.4. The molecule has 8 heteroatoms. The summed E-state index contributed by atoms with van der Waals surface area (Å²) in [5, 5.41) is 0.689. The molecule has 1 fully saturated rings. The van der Waals surface area contributed by atoms with Gasteiger partial charge in [-0.15, -0.1) is 0 Å². The van der Waals surface area contributed by atoms with Crippen LogP contribution in [0.3, 0.4) is 0 Å². The topological polar surface area (TPSA) is 66.9 Å². The Kier molecular flexibility index (Phi) is 6.51. The molecule has 0 unspecified atom stereocenters. The van der Waals surface area contributed by atoms with Gasteiger partial charge < -0.3 is 9.64 Å². The molecule has 6 nitrogen and oxygen atoms in total. The monoisotopic (exact) mass is 436 g/mol. The van der Waals surface area contributed by atoms with Gasteiger partial charge in [0.15, 0.2) is 6.61 Å². The van der Waals surface area contributed by atoms with Crippen LogP contribution in [0.2, 0.25) is 5.02 Å². The van der Waals surface area contributed by atoms with E-state index in [4.69, 9.17) is 16.3 Å². The lowest BCUT2D eigenvalue weighted by molar-refractivity contribution is -0.134. The maximum absolute atomic E-state index is 12.8. The van der Waals surface area contributed by atoms with Crippen LogP contribution in [-0.4, -0.2) is 56.3 Å². The van der Waals surface area contributed by atoms with Crippen molar-refractivity contribution in [2.45, 2.75) is 25.7 Å². The van der Waals surface area contributed by atoms with E-state index < -0.39 is 10.0 Å². The molecule has 0 radical (unpaired) electrons. The van der Waals surface area contributed by atoms with Gasteiger partial charge in [0.25, 0.3) is 5.91 Å². The standard InChI is InChI=1S/C21H25ClN2O4S/c1-15-4-6-19(7-5-15)29(26,27)24-10-8-23(9-11-24)20(25)14-28-18-12-16(2)21(22)17(3)13-18/h4-7,12-13H,8-11,14H2,1-3H3. The quantitative estimate of drug-likeness (QED) is 0.722. The van der Waals surface area contributed by atoms with Crippen LogP contribution in [0.1, 0.15) is 16.7 Å². The molecule has 1 aliphatic rings. The highest BCUT2D eigenvalue weighted by molar-refractivity contribution is 7.89. The Bertz CT molecular complexity index is 975. The van der Waals surface area contributed by atoms with Crippen molar-refractivity contribution >= 4 is 27.5 Å². The fourth-order valence-corrected chi connectivity index (χ4v) is 4.79. The zero-order valence-electron chi connectivity index (χ0n) is 16.8. The van der Waals surface area contributed by atoms with Crippen molar-refractivity contribution in [2.24, 2.45) is 0 Å². The molecule has 1 aliphatic heterocycles. The van der Waals surface area contributed by atoms with E-state index in [1.165, 1.54) is 4.31 Å². The van der Waals surface area contributed by atoms with Crippen LogP contribution in [0.5, 0.6) is 5.75 Å². The summed E-state index contributed by atoms with van der Waals surface area (Å²) in [5.41, 5.74) is 2.79. The van der Waals surface area contributed by atoms with Crippen molar-refractivity contribution in [3.8, 4) is 5.75 Å². The molecule has 0 aromatic heterocycles. The zero-order chi connectivity index (χ0) is 21.2. The molecule has 1 amide bonds. The minimum absolute atomic E-state index is 0.0920. The number of hydrogen-bond donors (Lipinski definition) is 0. The summed E-state index contributed by atoms with van der Waals surface area (Å²) in [7, 11) is -3.55. The molecule has 156 valence electrons. The second-order valence-electron chi connectivity index (χ2n) is 7.26. The van der Waals surface area contributed by atoms with Gasteiger partial charge in [0.2, 0.25) is 10.0 Å². The number of rotatable bonds is 5. The van der Waals surface area contributed by atoms with E-state index in [0.717, 1.165) is 16.7 Å². The van der Waals surface area contributed by atoms with Gasteiger partial charge in [-0.1, -0.05) is 29.3 Å². The maximum atomic E-state index is 12.8. The van der Waals surface area contributed by atoms with Crippen molar-refractivity contribution < 1.29 is 17.9 Å². The van der Waals surface area contributed by atoms with E-state index in [1.807, 2.05) is 20.8 Å². The van der Waals surface area contributed by atoms with Crippen molar-refractivity contribution in [1.82, 2.24) is 9.21 Å². The minimum Gasteiger partial charge on any atom is -0.484 e. The van der Waals surface area contributed by atoms with Gasteiger partial charge in [-0.05, 0) is 56.2 Å². The third kappa shape index (κ3) is 4.91. The highest BCUT2D eigenvalue weighted by Gasteiger charge is 2.30. The molecular weight excluding hydrogens is 412 g/mol. The first-order valence-electron chi connectivity index (χ1n) is 9.42. The molecule has 0 N–H and O–H groups in total. The van der Waals surface area contributed by atoms with Gasteiger partial charge in [-0.2, -0.15) is 4.31 Å². The van der Waals surface area contributed by atoms with Crippen molar-refractivity contribution in [1.29, 1.82) is 0 Å². The van der Waals surface area contributed by atoms with Crippen LogP contribution >= 0.6 is 11.6 Å². The van der Waals surface area contributed by atoms with Crippen LogP contribution in [0.15, 0.2) is 41.3 Å². The third-order valence-electron chi connectivity index (χ3n) is 5.02. The summed E-state index contributed by atoms with van der Waals surface area (Å²) < 4.78 is 32.6. The normalized spacial score (nSPS) is 15.4. The molecule has 2 aromatic carbocycles. The van der Waals surface area contributed by atoms with Gasteiger partial charge in [0, 0.05) is 31.2 Å². The number of carbonyl (C=O) groups excluding carboxylic acids is 1. The predicted molar refractivity (Wildman–Crippen MR) is 113 cm³/mol. The molecule has 3 rings (SSSR count). The van der Waals surface area contributed by atoms with Gasteiger partial charge >= 0.3 is 0 Å². The first-order chi connectivity index (χ1) is 13.7. The van der Waals surface area contributed by atoms with E-state index in [-0.39, 0.29) is 30.5 Å². The minimum atomic E-state index is -3.55. The average Bonchev–Trinajstić information content (AvgIpc) is 2.70. The van der Waals surface area contributed by atoms with E-state index >= 15 is 0 Å². The number of aryl methyl sites for hydroxylation is 3. The Hall–Kier alpha value is -2.09. The van der Waals surface area contributed by atoms with Crippen LogP contribution in [0, 0.1) is 20.8 Å². The molecule has 2 aromatic rings. The summed E-state index contributed by atoms with van der Waals surface area (Å²) in [6, 6.07) is 10.4. The Morgan fingerprint density at radius 3 is 2.10 bits per heavy atom. The number of piperazine rings is 1. The number of nitrogens with zero attached hydrogens (tertiary/aromatic N) is 2. The number of benzene rings is 2. The van der Waals surface area contributed by atoms with Crippen LogP contribution in [-0.2, 0) is 14.8 Å². The first-order valence-corrected chi connectivity index (χ1v) is 11.2. The van der Waals surface area contributed by atoms with E-state index in [1.54, 1.807) is 41.3 Å². The average molecular weight is 437 g/mol. The Labute approximate surface area is 177 Å². The SMILES string of the molecule is Cc1ccc(S(=O)(=O)N2CCN(C(=O)COc3cc(C)c(Cl)c(C)c3)CC2)cc1. The number of ether oxygens (including phenoxy) is 1. The molecule has 0 saturated carbocycles. The lowest BCUT2D eigenvalue weighted by Crippen LogP contribution is -2.51. The molecule has 1 heterocycles. The molecule has 0 atom stereocenters. The molecule has 0 spiro atoms. The fourth-order valence-electron chi connectivity index (χ4n) is 3.26. The fraction of sp³-hybridized carbons (Fsp3) is 0.381. The van der Waals surface area contributed by atoms with Gasteiger partial charge in [0.1, 0.15) is 5.75 Å². The van der Waals surface area contributed by atoms with Gasteiger partial charge in [-0.3, -0.25) is 4.79 Å². The van der Waals surface area contributed by atoms with Crippen LogP contribution in [0.25, 0.3) is 0 Å². The smallest absolute Gasteiger partial charge is 0.260 e. The van der Waals surface area contributed by atoms with Gasteiger partial charge in [-0.25, -0.2) is 8.42 Å². The van der Waals surface area contributed by atoms with Crippen molar-refractivity contribution in [3.05, 3.63) is 58.1 Å². The summed E-state index contributed by atoms with van der Waals surface area (Å²) in [5.74, 6) is 0.431. The second kappa shape index (κ2) is 8.73. The second-order valence-corrected chi connectivity index (χ2v) is 9.57. The van der Waals surface area contributed by atoms with Crippen molar-refractivity contribution in [3.63, 3.8) is 0 Å². The molecule has 29 heavy (non-hydrogen) atoms. The van der Waals surface area contributed by atoms with E-state index in [2.05, 4.69) is 0 Å². The van der Waals surface area contributed by atoms with E-state index in [0.29, 0.717) is 23.9 Å². The van der Waals surface area contributed by atoms with Crippen LogP contribution < -0.4 is 4.74 Å². The number of hydrogen-bond acceptors (Lipinski definition) is 4. The number of carbonyl (C=O) groups is 1. The van der Waals surface area contributed by atoms with Crippen molar-refractivity contribution in [2.75, 3.05) is 32.8 Å². The number of halogens is 1. The molecule has 1 saturated heterocycles. The lowest BCUT2D eigenvalue weighted by atomic mass is 10.1. The highest BCUT2D eigenvalue weighted by atomic mass is 35.5. The van der Waals surface area contributed by atoms with Gasteiger partial charge in [0.05, 0.1) is 4.90 Å². The summed E-state index contributed by atoms with van der Waals surface area (Å²) >= 11 is 6.15. The number of amides is 1. The number of sulfonamides is 1. The summed E-state index contributed by atoms with van der Waals surface area (Å²) in [6.45, 7) is 6.80. The molecule has 0 aliphatic carbocycles. The Morgan fingerprint density at radius 1 is 1.00 bits per heavy atom. The Morgan fingerprint density at radius 2 is 1.55 bits per heavy atom. The highest BCUT2D eigenvalue weighted by Crippen LogP contribution is 2.26. The maximum Gasteiger partial charge on any atom is 0.260 e. The first kappa shape index (κ1) is 21.6. The lowest BCUT2D eigenvalue weighted by Gasteiger charge is -2.34. The molecular formula is C21H25ClN2O4S. The predicted octanol–water partition coefficient (Wildman–Crippen LogP) is 3.18. The Balaban J connectivity index is 1.56. The van der Waals surface area contributed by atoms with E-state index in [9.17, 15) is 13.2 Å².